The molecule has 182 valence electrons. The molecule has 6 nitrogen and oxygen atoms in total. The maximum absolute atomic E-state index is 13.6. The van der Waals surface area contributed by atoms with Crippen LogP contribution in [0.25, 0.3) is 10.2 Å². The number of anilines is 2. The number of nitrogens with zero attached hydrogens (tertiary/aromatic N) is 4. The SMILES string of the molecule is O=C(/C=C/CN1CC2CCC(C2)C1)N1CCc2c(sc3ncnc(Nc4ccc(F)c(Cl)c4)c23)C1. The predicted molar refractivity (Wildman–Crippen MR) is 138 cm³/mol. The molecule has 1 N–H and O–H groups in total. The first kappa shape index (κ1) is 22.9. The van der Waals surface area contributed by atoms with Crippen molar-refractivity contribution in [3.8, 4) is 0 Å². The van der Waals surface area contributed by atoms with E-state index in [2.05, 4.69) is 20.2 Å². The highest BCUT2D eigenvalue weighted by molar-refractivity contribution is 7.19. The number of nitrogens with one attached hydrogen (secondary N) is 1. The molecule has 9 heteroatoms. The summed E-state index contributed by atoms with van der Waals surface area (Å²) in [6.07, 6.45) is 10.2. The Morgan fingerprint density at radius 1 is 1.26 bits per heavy atom. The number of halogens is 2. The zero-order valence-electron chi connectivity index (χ0n) is 19.3. The molecule has 0 radical (unpaired) electrons. The lowest BCUT2D eigenvalue weighted by atomic mass is 9.99. The Balaban J connectivity index is 1.15. The topological polar surface area (TPSA) is 61.4 Å². The van der Waals surface area contributed by atoms with E-state index in [1.807, 2.05) is 11.0 Å². The number of benzene rings is 1. The van der Waals surface area contributed by atoms with E-state index in [1.165, 1.54) is 50.3 Å². The molecule has 1 amide bonds. The molecule has 4 heterocycles. The maximum Gasteiger partial charge on any atom is 0.246 e. The molecular formula is C26H27ClFN5OS. The van der Waals surface area contributed by atoms with Gasteiger partial charge in [-0.2, -0.15) is 0 Å². The highest BCUT2D eigenvalue weighted by Gasteiger charge is 2.32. The summed E-state index contributed by atoms with van der Waals surface area (Å²) in [5.41, 5.74) is 1.84. The van der Waals surface area contributed by atoms with Gasteiger partial charge in [0.1, 0.15) is 22.8 Å². The Hall–Kier alpha value is -2.55. The van der Waals surface area contributed by atoms with Gasteiger partial charge in [-0.15, -0.1) is 11.3 Å². The largest absolute Gasteiger partial charge is 0.340 e. The summed E-state index contributed by atoms with van der Waals surface area (Å²) in [6, 6.07) is 4.51. The summed E-state index contributed by atoms with van der Waals surface area (Å²) in [6.45, 7) is 4.44. The third-order valence-corrected chi connectivity index (χ3v) is 8.85. The van der Waals surface area contributed by atoms with Crippen LogP contribution < -0.4 is 5.32 Å². The number of aromatic nitrogens is 2. The molecule has 1 saturated carbocycles. The van der Waals surface area contributed by atoms with Crippen molar-refractivity contribution >= 4 is 50.6 Å². The predicted octanol–water partition coefficient (Wildman–Crippen LogP) is 5.40. The molecule has 2 atom stereocenters. The van der Waals surface area contributed by atoms with Gasteiger partial charge in [0.05, 0.1) is 17.0 Å². The lowest BCUT2D eigenvalue weighted by molar-refractivity contribution is -0.126. The summed E-state index contributed by atoms with van der Waals surface area (Å²) in [4.78, 5) is 28.3. The maximum atomic E-state index is 13.6. The van der Waals surface area contributed by atoms with Crippen molar-refractivity contribution in [3.63, 3.8) is 0 Å². The van der Waals surface area contributed by atoms with Crippen LogP contribution in [0.3, 0.4) is 0 Å². The molecule has 2 bridgehead atoms. The number of thiophene rings is 1. The molecule has 1 aliphatic carbocycles. The van der Waals surface area contributed by atoms with E-state index in [1.54, 1.807) is 29.5 Å². The Morgan fingerprint density at radius 2 is 2.09 bits per heavy atom. The molecule has 2 aliphatic heterocycles. The number of hydrogen-bond acceptors (Lipinski definition) is 6. The second-order valence-electron chi connectivity index (χ2n) is 9.84. The third-order valence-electron chi connectivity index (χ3n) is 7.44. The molecule has 0 spiro atoms. The first-order chi connectivity index (χ1) is 17.0. The average Bonchev–Trinajstić information content (AvgIpc) is 3.40. The molecule has 1 saturated heterocycles. The molecule has 2 unspecified atom stereocenters. The first-order valence-corrected chi connectivity index (χ1v) is 13.4. The van der Waals surface area contributed by atoms with Gasteiger partial charge in [0.25, 0.3) is 0 Å². The Kier molecular flexibility index (Phi) is 6.20. The number of carbonyl (C=O) groups is 1. The number of carbonyl (C=O) groups excluding carboxylic acids is 1. The molecule has 2 fully saturated rings. The van der Waals surface area contributed by atoms with Crippen molar-refractivity contribution < 1.29 is 9.18 Å². The van der Waals surface area contributed by atoms with Crippen LogP contribution in [0.2, 0.25) is 5.02 Å². The first-order valence-electron chi connectivity index (χ1n) is 12.2. The van der Waals surface area contributed by atoms with Gasteiger partial charge in [0, 0.05) is 42.8 Å². The molecule has 1 aromatic carbocycles. The van der Waals surface area contributed by atoms with Crippen LogP contribution in [0.4, 0.5) is 15.9 Å². The highest BCUT2D eigenvalue weighted by atomic mass is 35.5. The van der Waals surface area contributed by atoms with Gasteiger partial charge in [0.2, 0.25) is 5.91 Å². The van der Waals surface area contributed by atoms with Crippen molar-refractivity contribution in [3.05, 3.63) is 58.0 Å². The van der Waals surface area contributed by atoms with Crippen LogP contribution in [-0.2, 0) is 17.8 Å². The molecule has 6 rings (SSSR count). The minimum Gasteiger partial charge on any atom is -0.340 e. The standard InChI is InChI=1S/C26H27ClFN5OS/c27-20-11-18(5-6-21(20)28)31-25-24-19-7-9-33(14-22(19)35-26(24)30-15-29-25)23(34)2-1-8-32-12-16-3-4-17(10-16)13-32/h1-2,5-6,11,15-17H,3-4,7-10,12-14H2,(H,29,30,31)/b2-1+. The van der Waals surface area contributed by atoms with Crippen LogP contribution in [0.15, 0.2) is 36.7 Å². The minimum atomic E-state index is -0.459. The Labute approximate surface area is 212 Å². The van der Waals surface area contributed by atoms with Gasteiger partial charge in [-0.25, -0.2) is 14.4 Å². The number of amides is 1. The number of hydrogen-bond donors (Lipinski definition) is 1. The molecule has 3 aliphatic rings. The van der Waals surface area contributed by atoms with E-state index in [4.69, 9.17) is 11.6 Å². The fraction of sp³-hybridized carbons (Fsp3) is 0.423. The smallest absolute Gasteiger partial charge is 0.246 e. The molecule has 3 aromatic rings. The molecule has 35 heavy (non-hydrogen) atoms. The highest BCUT2D eigenvalue weighted by Crippen LogP contribution is 2.39. The van der Waals surface area contributed by atoms with Crippen molar-refractivity contribution in [1.82, 2.24) is 19.8 Å². The van der Waals surface area contributed by atoms with Crippen LogP contribution in [-0.4, -0.2) is 51.9 Å². The van der Waals surface area contributed by atoms with E-state index in [0.29, 0.717) is 24.6 Å². The summed E-state index contributed by atoms with van der Waals surface area (Å²) in [7, 11) is 0. The summed E-state index contributed by atoms with van der Waals surface area (Å²) in [5.74, 6) is 1.99. The van der Waals surface area contributed by atoms with Crippen LogP contribution in [0, 0.1) is 17.7 Å². The normalized spacial score (nSPS) is 22.2. The van der Waals surface area contributed by atoms with Crippen LogP contribution in [0.5, 0.6) is 0 Å². The summed E-state index contributed by atoms with van der Waals surface area (Å²) in [5, 5.41) is 4.29. The number of piperidine rings is 1. The van der Waals surface area contributed by atoms with Crippen molar-refractivity contribution in [2.75, 3.05) is 31.5 Å². The van der Waals surface area contributed by atoms with E-state index < -0.39 is 5.82 Å². The van der Waals surface area contributed by atoms with Crippen LogP contribution in [0.1, 0.15) is 29.7 Å². The number of rotatable bonds is 5. The van der Waals surface area contributed by atoms with Gasteiger partial charge in [0.15, 0.2) is 0 Å². The molecular weight excluding hydrogens is 485 g/mol. The van der Waals surface area contributed by atoms with Crippen LogP contribution >= 0.6 is 22.9 Å². The Morgan fingerprint density at radius 3 is 2.89 bits per heavy atom. The summed E-state index contributed by atoms with van der Waals surface area (Å²) < 4.78 is 13.6. The third kappa shape index (κ3) is 4.67. The van der Waals surface area contributed by atoms with Crippen molar-refractivity contribution in [2.24, 2.45) is 11.8 Å². The zero-order valence-corrected chi connectivity index (χ0v) is 20.9. The number of fused-ring (bicyclic) bond motifs is 5. The van der Waals surface area contributed by atoms with E-state index >= 15 is 0 Å². The van der Waals surface area contributed by atoms with Gasteiger partial charge in [-0.05, 0) is 61.3 Å². The van der Waals surface area contributed by atoms with Gasteiger partial charge in [-0.3, -0.25) is 9.69 Å². The fourth-order valence-corrected chi connectivity index (χ4v) is 7.18. The van der Waals surface area contributed by atoms with Crippen molar-refractivity contribution in [1.29, 1.82) is 0 Å². The lowest BCUT2D eigenvalue weighted by Gasteiger charge is -2.30. The monoisotopic (exact) mass is 511 g/mol. The average molecular weight is 512 g/mol. The van der Waals surface area contributed by atoms with Gasteiger partial charge in [-0.1, -0.05) is 17.7 Å². The van der Waals surface area contributed by atoms with Gasteiger partial charge < -0.3 is 10.2 Å². The Bertz CT molecular complexity index is 1300. The quantitative estimate of drug-likeness (QED) is 0.465. The van der Waals surface area contributed by atoms with Gasteiger partial charge >= 0.3 is 0 Å². The fourth-order valence-electron chi connectivity index (χ4n) is 5.79. The second-order valence-corrected chi connectivity index (χ2v) is 11.3. The summed E-state index contributed by atoms with van der Waals surface area (Å²) >= 11 is 7.54. The van der Waals surface area contributed by atoms with E-state index in [-0.39, 0.29) is 10.9 Å². The van der Waals surface area contributed by atoms with E-state index in [9.17, 15) is 9.18 Å². The lowest BCUT2D eigenvalue weighted by Crippen LogP contribution is -2.37. The minimum absolute atomic E-state index is 0.0579. The number of likely N-dealkylation sites (tertiary alicyclic amines) is 1. The second kappa shape index (κ2) is 9.48. The zero-order chi connectivity index (χ0) is 23.9. The van der Waals surface area contributed by atoms with Crippen molar-refractivity contribution in [2.45, 2.75) is 32.2 Å². The molecule has 2 aromatic heterocycles. The van der Waals surface area contributed by atoms with E-state index in [0.717, 1.165) is 39.9 Å².